The van der Waals surface area contributed by atoms with Crippen molar-refractivity contribution in [2.24, 2.45) is 0 Å². The molecule has 0 bridgehead atoms. The zero-order valence-electron chi connectivity index (χ0n) is 15.3. The van der Waals surface area contributed by atoms with Crippen molar-refractivity contribution in [1.29, 1.82) is 0 Å². The van der Waals surface area contributed by atoms with Crippen LogP contribution in [0.5, 0.6) is 0 Å². The highest BCUT2D eigenvalue weighted by Crippen LogP contribution is 2.26. The topological polar surface area (TPSA) is 66.5 Å². The van der Waals surface area contributed by atoms with Crippen LogP contribution in [-0.2, 0) is 14.8 Å². The minimum absolute atomic E-state index is 0.232. The Morgan fingerprint density at radius 1 is 1.15 bits per heavy atom. The van der Waals surface area contributed by atoms with Gasteiger partial charge in [-0.15, -0.1) is 0 Å². The van der Waals surface area contributed by atoms with Crippen LogP contribution in [0.2, 0.25) is 5.02 Å². The summed E-state index contributed by atoms with van der Waals surface area (Å²) in [6.45, 7) is 5.31. The lowest BCUT2D eigenvalue weighted by molar-refractivity contribution is -0.120. The van der Waals surface area contributed by atoms with E-state index >= 15 is 0 Å². The molecule has 0 aliphatic rings. The molecule has 1 amide bonds. The van der Waals surface area contributed by atoms with E-state index in [-0.39, 0.29) is 18.5 Å². The second-order valence-electron chi connectivity index (χ2n) is 6.40. The zero-order chi connectivity index (χ0) is 19.5. The summed E-state index contributed by atoms with van der Waals surface area (Å²) in [7, 11) is -3.64. The Kier molecular flexibility index (Phi) is 6.31. The predicted molar refractivity (Wildman–Crippen MR) is 106 cm³/mol. The number of hydrogen-bond acceptors (Lipinski definition) is 3. The summed E-state index contributed by atoms with van der Waals surface area (Å²) in [5, 5.41) is 3.25. The number of sulfonamides is 1. The summed E-state index contributed by atoms with van der Waals surface area (Å²) < 4.78 is 25.5. The number of halogens is 1. The molecular weight excluding hydrogens is 372 g/mol. The van der Waals surface area contributed by atoms with Gasteiger partial charge in [0.1, 0.15) is 6.54 Å². The molecule has 1 N–H and O–H groups in total. The fourth-order valence-corrected chi connectivity index (χ4v) is 3.66. The minimum atomic E-state index is -3.64. The summed E-state index contributed by atoms with van der Waals surface area (Å²) in [6, 6.07) is 12.5. The molecule has 0 fully saturated rings. The van der Waals surface area contributed by atoms with Crippen molar-refractivity contribution >= 4 is 33.2 Å². The number of rotatable bonds is 6. The van der Waals surface area contributed by atoms with Crippen molar-refractivity contribution in [3.63, 3.8) is 0 Å². The standard InChI is InChI=1S/C19H23ClN2O3S/c1-13-5-8-16(9-6-13)15(3)21-19(23)12-22(26(4,24)25)18-11-17(20)10-7-14(18)2/h5-11,15H,12H2,1-4H3,(H,21,23)/t15-/m0/s1. The summed E-state index contributed by atoms with van der Waals surface area (Å²) >= 11 is 6.00. The van der Waals surface area contributed by atoms with Gasteiger partial charge in [-0.3, -0.25) is 9.10 Å². The van der Waals surface area contributed by atoms with Gasteiger partial charge in [0.15, 0.2) is 0 Å². The molecule has 2 rings (SSSR count). The lowest BCUT2D eigenvalue weighted by atomic mass is 10.1. The summed E-state index contributed by atoms with van der Waals surface area (Å²) in [6.07, 6.45) is 1.07. The largest absolute Gasteiger partial charge is 0.348 e. The van der Waals surface area contributed by atoms with Gasteiger partial charge in [0, 0.05) is 5.02 Å². The SMILES string of the molecule is Cc1ccc([C@H](C)NC(=O)CN(c2cc(Cl)ccc2C)S(C)(=O)=O)cc1. The Balaban J connectivity index is 2.19. The van der Waals surface area contributed by atoms with Gasteiger partial charge in [-0.25, -0.2) is 8.42 Å². The van der Waals surface area contributed by atoms with Gasteiger partial charge < -0.3 is 5.32 Å². The third-order valence-electron chi connectivity index (χ3n) is 4.08. The van der Waals surface area contributed by atoms with Crippen LogP contribution in [-0.4, -0.2) is 27.1 Å². The zero-order valence-corrected chi connectivity index (χ0v) is 16.9. The molecule has 2 aromatic rings. The molecule has 26 heavy (non-hydrogen) atoms. The third kappa shape index (κ3) is 5.22. The number of anilines is 1. The van der Waals surface area contributed by atoms with Gasteiger partial charge in [0.2, 0.25) is 15.9 Å². The molecule has 0 saturated carbocycles. The molecule has 5 nitrogen and oxygen atoms in total. The van der Waals surface area contributed by atoms with Crippen LogP contribution >= 0.6 is 11.6 Å². The highest BCUT2D eigenvalue weighted by Gasteiger charge is 2.23. The fourth-order valence-electron chi connectivity index (χ4n) is 2.59. The summed E-state index contributed by atoms with van der Waals surface area (Å²) in [5.41, 5.74) is 3.21. The first-order chi connectivity index (χ1) is 12.1. The lowest BCUT2D eigenvalue weighted by Crippen LogP contribution is -2.41. The molecule has 0 aliphatic heterocycles. The maximum Gasteiger partial charge on any atom is 0.241 e. The van der Waals surface area contributed by atoms with E-state index in [9.17, 15) is 13.2 Å². The van der Waals surface area contributed by atoms with Crippen molar-refractivity contribution < 1.29 is 13.2 Å². The third-order valence-corrected chi connectivity index (χ3v) is 5.44. The molecular formula is C19H23ClN2O3S. The molecule has 7 heteroatoms. The van der Waals surface area contributed by atoms with Crippen molar-refractivity contribution in [3.8, 4) is 0 Å². The molecule has 0 radical (unpaired) electrons. The Labute approximate surface area is 160 Å². The van der Waals surface area contributed by atoms with Crippen LogP contribution in [0.15, 0.2) is 42.5 Å². The van der Waals surface area contributed by atoms with E-state index in [1.165, 1.54) is 0 Å². The number of nitrogens with zero attached hydrogens (tertiary/aromatic N) is 1. The van der Waals surface area contributed by atoms with Crippen LogP contribution in [0.3, 0.4) is 0 Å². The van der Waals surface area contributed by atoms with Crippen molar-refractivity contribution in [2.75, 3.05) is 17.1 Å². The first-order valence-corrected chi connectivity index (χ1v) is 10.4. The Morgan fingerprint density at radius 3 is 2.35 bits per heavy atom. The molecule has 0 aromatic heterocycles. The fraction of sp³-hybridized carbons (Fsp3) is 0.316. The second kappa shape index (κ2) is 8.10. The number of carbonyl (C=O) groups excluding carboxylic acids is 1. The molecule has 0 unspecified atom stereocenters. The highest BCUT2D eigenvalue weighted by molar-refractivity contribution is 7.92. The van der Waals surface area contributed by atoms with E-state index < -0.39 is 10.0 Å². The van der Waals surface area contributed by atoms with Crippen molar-refractivity contribution in [3.05, 3.63) is 64.2 Å². The first kappa shape index (κ1) is 20.3. The Bertz CT molecular complexity index is 896. The number of carbonyl (C=O) groups is 1. The van der Waals surface area contributed by atoms with E-state index in [4.69, 9.17) is 11.6 Å². The van der Waals surface area contributed by atoms with Gasteiger partial charge in [-0.1, -0.05) is 47.5 Å². The normalized spacial score (nSPS) is 12.5. The van der Waals surface area contributed by atoms with Crippen LogP contribution in [0, 0.1) is 13.8 Å². The maximum atomic E-state index is 12.5. The molecule has 2 aromatic carbocycles. The number of aryl methyl sites for hydroxylation is 2. The number of benzene rings is 2. The van der Waals surface area contributed by atoms with Gasteiger partial charge in [-0.05, 0) is 44.0 Å². The van der Waals surface area contributed by atoms with Gasteiger partial charge in [-0.2, -0.15) is 0 Å². The second-order valence-corrected chi connectivity index (χ2v) is 8.74. The summed E-state index contributed by atoms with van der Waals surface area (Å²) in [5.74, 6) is -0.386. The van der Waals surface area contributed by atoms with E-state index in [0.717, 1.165) is 27.3 Å². The van der Waals surface area contributed by atoms with Crippen molar-refractivity contribution in [1.82, 2.24) is 5.32 Å². The van der Waals surface area contributed by atoms with Crippen molar-refractivity contribution in [2.45, 2.75) is 26.8 Å². The molecule has 0 spiro atoms. The van der Waals surface area contributed by atoms with Crippen LogP contribution in [0.1, 0.15) is 29.7 Å². The highest BCUT2D eigenvalue weighted by atomic mass is 35.5. The first-order valence-electron chi connectivity index (χ1n) is 8.17. The van der Waals surface area contributed by atoms with E-state index in [1.807, 2.05) is 38.1 Å². The summed E-state index contributed by atoms with van der Waals surface area (Å²) in [4.78, 5) is 12.5. The lowest BCUT2D eigenvalue weighted by Gasteiger charge is -2.25. The quantitative estimate of drug-likeness (QED) is 0.813. The van der Waals surface area contributed by atoms with Gasteiger partial charge in [0.05, 0.1) is 18.0 Å². The van der Waals surface area contributed by atoms with E-state index in [1.54, 1.807) is 25.1 Å². The van der Waals surface area contributed by atoms with Crippen LogP contribution < -0.4 is 9.62 Å². The average molecular weight is 395 g/mol. The number of amides is 1. The van der Waals surface area contributed by atoms with Gasteiger partial charge in [0.25, 0.3) is 0 Å². The molecule has 140 valence electrons. The maximum absolute atomic E-state index is 12.5. The van der Waals surface area contributed by atoms with Gasteiger partial charge >= 0.3 is 0 Å². The van der Waals surface area contributed by atoms with Crippen LogP contribution in [0.25, 0.3) is 0 Å². The van der Waals surface area contributed by atoms with Crippen LogP contribution in [0.4, 0.5) is 5.69 Å². The monoisotopic (exact) mass is 394 g/mol. The van der Waals surface area contributed by atoms with E-state index in [0.29, 0.717) is 10.7 Å². The average Bonchev–Trinajstić information content (AvgIpc) is 2.54. The number of nitrogens with one attached hydrogen (secondary N) is 1. The predicted octanol–water partition coefficient (Wildman–Crippen LogP) is 3.60. The van der Waals surface area contributed by atoms with E-state index in [2.05, 4.69) is 5.32 Å². The molecule has 0 heterocycles. The minimum Gasteiger partial charge on any atom is -0.348 e. The Morgan fingerprint density at radius 2 is 1.77 bits per heavy atom. The number of hydrogen-bond donors (Lipinski definition) is 1. The molecule has 0 aliphatic carbocycles. The Hall–Kier alpha value is -2.05. The smallest absolute Gasteiger partial charge is 0.241 e. The molecule has 0 saturated heterocycles. The molecule has 1 atom stereocenters.